The topological polar surface area (TPSA) is 3.24 Å². The van der Waals surface area contributed by atoms with Crippen LogP contribution in [-0.2, 0) is 0 Å². The number of nitrogens with zero attached hydrogens (tertiary/aromatic N) is 1. The molecule has 0 unspecified atom stereocenters. The van der Waals surface area contributed by atoms with Gasteiger partial charge in [-0.2, -0.15) is 0 Å². The molecule has 0 aromatic carbocycles. The molecule has 96 valence electrons. The van der Waals surface area contributed by atoms with Crippen LogP contribution in [0.5, 0.6) is 0 Å². The molecule has 0 aliphatic carbocycles. The molecule has 1 aliphatic rings. The molecule has 0 amide bonds. The molecule has 1 aliphatic heterocycles. The molecule has 1 heterocycles. The van der Waals surface area contributed by atoms with Crippen LogP contribution < -0.4 is 0 Å². The van der Waals surface area contributed by atoms with E-state index in [4.69, 9.17) is 0 Å². The summed E-state index contributed by atoms with van der Waals surface area (Å²) in [6, 6.07) is 0. The number of hydrogen-bond acceptors (Lipinski definition) is 1. The summed E-state index contributed by atoms with van der Waals surface area (Å²) in [5.41, 5.74) is 0. The van der Waals surface area contributed by atoms with Crippen LogP contribution in [-0.4, -0.2) is 24.5 Å². The van der Waals surface area contributed by atoms with Gasteiger partial charge >= 0.3 is 0 Å². The molecule has 1 saturated heterocycles. The zero-order valence-electron chi connectivity index (χ0n) is 11.3. The Morgan fingerprint density at radius 3 is 1.62 bits per heavy atom. The van der Waals surface area contributed by atoms with Crippen molar-refractivity contribution in [2.45, 2.75) is 77.6 Å². The molecule has 0 radical (unpaired) electrons. The normalized spacial score (nSPS) is 16.3. The molecular weight excluding hydrogens is 194 g/mol. The van der Waals surface area contributed by atoms with Gasteiger partial charge in [0.05, 0.1) is 0 Å². The zero-order valence-corrected chi connectivity index (χ0v) is 11.3. The van der Waals surface area contributed by atoms with Crippen molar-refractivity contribution in [1.82, 2.24) is 4.90 Å². The molecular formula is C15H31N. The highest BCUT2D eigenvalue weighted by Gasteiger charge is 2.11. The predicted molar refractivity (Wildman–Crippen MR) is 72.9 cm³/mol. The highest BCUT2D eigenvalue weighted by atomic mass is 15.2. The van der Waals surface area contributed by atoms with E-state index < -0.39 is 0 Å². The summed E-state index contributed by atoms with van der Waals surface area (Å²) in [4.78, 5) is 2.59. The van der Waals surface area contributed by atoms with Gasteiger partial charge in [-0.3, -0.25) is 0 Å². The maximum Gasteiger partial charge on any atom is -0.000654 e. The molecule has 1 rings (SSSR count). The smallest absolute Gasteiger partial charge is 0.000654 e. The van der Waals surface area contributed by atoms with Crippen LogP contribution in [0.2, 0.25) is 0 Å². The average Bonchev–Trinajstić information content (AvgIpc) is 2.23. The molecule has 0 N–H and O–H groups in total. The summed E-state index contributed by atoms with van der Waals surface area (Å²) in [5, 5.41) is 0. The van der Waals surface area contributed by atoms with Gasteiger partial charge in [-0.1, -0.05) is 64.7 Å². The van der Waals surface area contributed by atoms with Crippen molar-refractivity contribution in [2.75, 3.05) is 19.6 Å². The second kappa shape index (κ2) is 10.1. The monoisotopic (exact) mass is 225 g/mol. The van der Waals surface area contributed by atoms with E-state index >= 15 is 0 Å². The lowest BCUT2D eigenvalue weighted by atomic mass is 10.1. The van der Waals surface area contributed by atoms with Gasteiger partial charge in [-0.25, -0.2) is 0 Å². The van der Waals surface area contributed by atoms with Gasteiger partial charge in [0, 0.05) is 0 Å². The lowest BCUT2D eigenvalue weighted by molar-refractivity contribution is 0.177. The van der Waals surface area contributed by atoms with Gasteiger partial charge in [-0.05, 0) is 32.5 Å². The van der Waals surface area contributed by atoms with E-state index in [2.05, 4.69) is 11.8 Å². The summed E-state index contributed by atoms with van der Waals surface area (Å²) >= 11 is 0. The van der Waals surface area contributed by atoms with Crippen LogP contribution in [0, 0.1) is 0 Å². The average molecular weight is 225 g/mol. The molecule has 0 saturated carbocycles. The fourth-order valence-electron chi connectivity index (χ4n) is 2.43. The van der Waals surface area contributed by atoms with E-state index in [0.717, 1.165) is 0 Å². The van der Waals surface area contributed by atoms with Crippen LogP contribution in [0.15, 0.2) is 0 Å². The van der Waals surface area contributed by atoms with Crippen LogP contribution >= 0.6 is 0 Å². The van der Waals surface area contributed by atoms with Crippen LogP contribution in [0.25, 0.3) is 0 Å². The summed E-state index contributed by atoms with van der Waals surface area (Å²) in [6.07, 6.45) is 16.0. The van der Waals surface area contributed by atoms with Crippen molar-refractivity contribution in [2.24, 2.45) is 0 Å². The molecule has 0 aromatic rings. The van der Waals surface area contributed by atoms with Gasteiger partial charge < -0.3 is 4.90 Å². The van der Waals surface area contributed by atoms with Gasteiger partial charge in [0.1, 0.15) is 0 Å². The Morgan fingerprint density at radius 2 is 1.19 bits per heavy atom. The maximum absolute atomic E-state index is 2.59. The van der Waals surface area contributed by atoms with Crippen molar-refractivity contribution in [3.8, 4) is 0 Å². The highest BCUT2D eigenvalue weighted by Crippen LogP contribution is 2.12. The van der Waals surface area contributed by atoms with Gasteiger partial charge in [0.2, 0.25) is 0 Å². The van der Waals surface area contributed by atoms with E-state index in [1.807, 2.05) is 0 Å². The third-order valence-electron chi connectivity index (χ3n) is 3.78. The molecule has 0 bridgehead atoms. The highest BCUT2D eigenvalue weighted by molar-refractivity contribution is 4.67. The van der Waals surface area contributed by atoms with E-state index in [-0.39, 0.29) is 0 Å². The fraction of sp³-hybridized carbons (Fsp3) is 1.00. The number of likely N-dealkylation sites (tertiary alicyclic amines) is 1. The minimum Gasteiger partial charge on any atom is -0.303 e. The first-order valence-corrected chi connectivity index (χ1v) is 7.66. The summed E-state index contributed by atoms with van der Waals surface area (Å²) < 4.78 is 0. The Balaban J connectivity index is 1.65. The number of hydrogen-bond donors (Lipinski definition) is 0. The van der Waals surface area contributed by atoms with Crippen molar-refractivity contribution in [1.29, 1.82) is 0 Å². The van der Waals surface area contributed by atoms with Crippen molar-refractivity contribution < 1.29 is 0 Å². The van der Waals surface area contributed by atoms with Crippen LogP contribution in [0.1, 0.15) is 77.6 Å². The van der Waals surface area contributed by atoms with Crippen LogP contribution in [0.4, 0.5) is 0 Å². The largest absolute Gasteiger partial charge is 0.303 e. The Hall–Kier alpha value is -0.0400. The third kappa shape index (κ3) is 7.27. The summed E-state index contributed by atoms with van der Waals surface area (Å²) in [6.45, 7) is 6.41. The van der Waals surface area contributed by atoms with Crippen LogP contribution in [0.3, 0.4) is 0 Å². The first-order valence-electron chi connectivity index (χ1n) is 7.66. The maximum atomic E-state index is 2.59. The molecule has 0 spiro atoms. The first kappa shape index (κ1) is 14.0. The molecule has 1 heteroatoms. The molecule has 0 atom stereocenters. The predicted octanol–water partition coefficient (Wildman–Crippen LogP) is 4.61. The van der Waals surface area contributed by atoms with Crippen molar-refractivity contribution >= 4 is 0 Å². The van der Waals surface area contributed by atoms with Gasteiger partial charge in [0.15, 0.2) is 0 Å². The Kier molecular flexibility index (Phi) is 8.88. The third-order valence-corrected chi connectivity index (χ3v) is 3.78. The lowest BCUT2D eigenvalue weighted by Gasteiger charge is -2.30. The van der Waals surface area contributed by atoms with Crippen molar-refractivity contribution in [3.63, 3.8) is 0 Å². The van der Waals surface area contributed by atoms with Gasteiger partial charge in [0.25, 0.3) is 0 Å². The lowest BCUT2D eigenvalue weighted by Crippen LogP contribution is -2.37. The summed E-state index contributed by atoms with van der Waals surface area (Å²) in [7, 11) is 0. The fourth-order valence-corrected chi connectivity index (χ4v) is 2.43. The minimum atomic E-state index is 1.37. The number of unbranched alkanes of at least 4 members (excludes halogenated alkanes) is 9. The Morgan fingerprint density at radius 1 is 0.688 bits per heavy atom. The minimum absolute atomic E-state index is 1.37. The molecule has 0 aromatic heterocycles. The molecule has 16 heavy (non-hydrogen) atoms. The zero-order chi connectivity index (χ0) is 11.5. The quantitative estimate of drug-likeness (QED) is 0.464. The summed E-state index contributed by atoms with van der Waals surface area (Å²) in [5.74, 6) is 0. The van der Waals surface area contributed by atoms with Crippen molar-refractivity contribution in [3.05, 3.63) is 0 Å². The van der Waals surface area contributed by atoms with Gasteiger partial charge in [-0.15, -0.1) is 0 Å². The Labute approximate surface area is 103 Å². The Bertz CT molecular complexity index is 140. The van der Waals surface area contributed by atoms with E-state index in [1.165, 1.54) is 90.3 Å². The molecule has 1 fully saturated rings. The molecule has 1 nitrogen and oxygen atoms in total. The second-order valence-corrected chi connectivity index (χ2v) is 5.38. The standard InChI is InChI=1S/C15H31N/c1-2-3-4-5-6-7-8-9-10-11-13-16-14-12-15-16/h2-15H2,1H3. The first-order chi connectivity index (χ1) is 7.93. The SMILES string of the molecule is CCCCCCCCCCCCN1CCC1. The second-order valence-electron chi connectivity index (χ2n) is 5.38. The van der Waals surface area contributed by atoms with E-state index in [0.29, 0.717) is 0 Å². The van der Waals surface area contributed by atoms with E-state index in [9.17, 15) is 0 Å². The van der Waals surface area contributed by atoms with E-state index in [1.54, 1.807) is 0 Å². The number of rotatable bonds is 11.